The average molecular weight is 503 g/mol. The predicted molar refractivity (Wildman–Crippen MR) is 128 cm³/mol. The lowest BCUT2D eigenvalue weighted by atomic mass is 10.0. The Labute approximate surface area is 204 Å². The number of hydrogen-bond acceptors (Lipinski definition) is 3. The average Bonchev–Trinajstić information content (AvgIpc) is 3.53. The first-order valence-electron chi connectivity index (χ1n) is 11.1. The second kappa shape index (κ2) is 8.64. The van der Waals surface area contributed by atoms with Crippen molar-refractivity contribution in [1.29, 1.82) is 0 Å². The van der Waals surface area contributed by atoms with E-state index in [0.717, 1.165) is 41.7 Å². The molecular weight excluding hydrogens is 481 g/mol. The lowest BCUT2D eigenvalue weighted by Gasteiger charge is -2.30. The van der Waals surface area contributed by atoms with E-state index in [1.54, 1.807) is 17.3 Å². The molecule has 3 atom stereocenters. The number of anilines is 2. The number of carbonyl (C=O) groups is 1. The quantitative estimate of drug-likeness (QED) is 0.421. The van der Waals surface area contributed by atoms with Gasteiger partial charge in [-0.3, -0.25) is 4.98 Å². The van der Waals surface area contributed by atoms with Crippen LogP contribution in [0.2, 0.25) is 5.02 Å². The van der Waals surface area contributed by atoms with E-state index in [-0.39, 0.29) is 23.6 Å². The van der Waals surface area contributed by atoms with Crippen LogP contribution in [-0.4, -0.2) is 47.1 Å². The molecule has 11 heteroatoms. The Morgan fingerprint density at radius 2 is 2.00 bits per heavy atom. The highest BCUT2D eigenvalue weighted by atomic mass is 35.5. The highest BCUT2D eigenvalue weighted by Gasteiger charge is 2.44. The molecule has 2 fully saturated rings. The molecule has 1 aliphatic heterocycles. The summed E-state index contributed by atoms with van der Waals surface area (Å²) in [5.41, 5.74) is 1.16. The fourth-order valence-electron chi connectivity index (χ4n) is 5.39. The van der Waals surface area contributed by atoms with Crippen LogP contribution in [0, 0.1) is 18.4 Å². The number of nitrogens with zero attached hydrogens (tertiary/aromatic N) is 4. The number of aromatic amines is 1. The molecule has 3 heterocycles. The SMILES string of the molecule is [C-]#[N+]c1cnc2[nH]ccc2c1N(C)C1C[C@@H]2CN(C(=O)Nc3ccc(Cl)c(C(F)(F)F)c3)C[C@@H]2C1. The molecule has 0 bridgehead atoms. The van der Waals surface area contributed by atoms with Crippen molar-refractivity contribution >= 4 is 45.7 Å². The zero-order valence-corrected chi connectivity index (χ0v) is 19.5. The molecule has 0 spiro atoms. The van der Waals surface area contributed by atoms with Crippen LogP contribution in [0.5, 0.6) is 0 Å². The lowest BCUT2D eigenvalue weighted by molar-refractivity contribution is -0.137. The van der Waals surface area contributed by atoms with E-state index in [9.17, 15) is 18.0 Å². The molecule has 0 radical (unpaired) electrons. The van der Waals surface area contributed by atoms with Crippen molar-refractivity contribution in [2.45, 2.75) is 25.1 Å². The summed E-state index contributed by atoms with van der Waals surface area (Å²) in [6, 6.07) is 5.07. The first kappa shape index (κ1) is 23.3. The van der Waals surface area contributed by atoms with Crippen molar-refractivity contribution in [1.82, 2.24) is 14.9 Å². The number of fused-ring (bicyclic) bond motifs is 2. The van der Waals surface area contributed by atoms with Gasteiger partial charge in [0.15, 0.2) is 0 Å². The van der Waals surface area contributed by atoms with E-state index in [4.69, 9.17) is 18.2 Å². The van der Waals surface area contributed by atoms with Gasteiger partial charge >= 0.3 is 12.2 Å². The second-order valence-corrected chi connectivity index (χ2v) is 9.53. The number of hydrogen-bond donors (Lipinski definition) is 2. The number of aromatic nitrogens is 2. The summed E-state index contributed by atoms with van der Waals surface area (Å²) in [5, 5.41) is 3.07. The molecule has 3 aromatic rings. The summed E-state index contributed by atoms with van der Waals surface area (Å²) >= 11 is 5.67. The lowest BCUT2D eigenvalue weighted by Crippen LogP contribution is -2.36. The van der Waals surface area contributed by atoms with Gasteiger partial charge in [-0.25, -0.2) is 9.64 Å². The molecule has 1 aromatic carbocycles. The van der Waals surface area contributed by atoms with Gasteiger partial charge in [0.2, 0.25) is 5.69 Å². The van der Waals surface area contributed by atoms with Gasteiger partial charge < -0.3 is 20.1 Å². The van der Waals surface area contributed by atoms with Crippen LogP contribution < -0.4 is 10.2 Å². The fourth-order valence-corrected chi connectivity index (χ4v) is 5.62. The molecule has 2 amide bonds. The van der Waals surface area contributed by atoms with Crippen LogP contribution in [0.3, 0.4) is 0 Å². The van der Waals surface area contributed by atoms with Crippen LogP contribution in [0.4, 0.5) is 35.0 Å². The minimum Gasteiger partial charge on any atom is -0.380 e. The van der Waals surface area contributed by atoms with E-state index in [1.807, 2.05) is 13.1 Å². The minimum absolute atomic E-state index is 0.0567. The maximum absolute atomic E-state index is 13.1. The van der Waals surface area contributed by atoms with Crippen LogP contribution in [0.25, 0.3) is 15.9 Å². The molecule has 2 aromatic heterocycles. The molecule has 182 valence electrons. The highest BCUT2D eigenvalue weighted by molar-refractivity contribution is 6.31. The first-order valence-corrected chi connectivity index (χ1v) is 11.5. The number of urea groups is 1. The largest absolute Gasteiger partial charge is 0.417 e. The van der Waals surface area contributed by atoms with Gasteiger partial charge in [-0.05, 0) is 48.9 Å². The number of pyridine rings is 1. The van der Waals surface area contributed by atoms with Crippen molar-refractivity contribution in [2.75, 3.05) is 30.4 Å². The maximum atomic E-state index is 13.1. The van der Waals surface area contributed by atoms with Gasteiger partial charge in [0.1, 0.15) is 5.65 Å². The zero-order chi connectivity index (χ0) is 24.9. The summed E-state index contributed by atoms with van der Waals surface area (Å²) in [4.78, 5) is 27.6. The summed E-state index contributed by atoms with van der Waals surface area (Å²) < 4.78 is 39.4. The fraction of sp³-hybridized carbons (Fsp3) is 0.375. The normalized spacial score (nSPS) is 21.7. The Hall–Kier alpha value is -3.45. The predicted octanol–water partition coefficient (Wildman–Crippen LogP) is 6.16. The van der Waals surface area contributed by atoms with Crippen LogP contribution >= 0.6 is 11.6 Å². The molecule has 1 saturated carbocycles. The van der Waals surface area contributed by atoms with E-state index in [0.29, 0.717) is 18.8 Å². The Balaban J connectivity index is 1.25. The number of amides is 2. The third-order valence-corrected chi connectivity index (χ3v) is 7.43. The summed E-state index contributed by atoms with van der Waals surface area (Å²) in [6.07, 6.45) is 0.504. The first-order chi connectivity index (χ1) is 16.7. The van der Waals surface area contributed by atoms with E-state index in [1.165, 1.54) is 6.07 Å². The van der Waals surface area contributed by atoms with Crippen LogP contribution in [0.1, 0.15) is 18.4 Å². The number of alkyl halides is 3. The highest BCUT2D eigenvalue weighted by Crippen LogP contribution is 2.44. The Morgan fingerprint density at radius 1 is 1.29 bits per heavy atom. The monoisotopic (exact) mass is 502 g/mol. The Morgan fingerprint density at radius 3 is 2.66 bits per heavy atom. The van der Waals surface area contributed by atoms with E-state index >= 15 is 0 Å². The third kappa shape index (κ3) is 4.25. The molecule has 5 rings (SSSR count). The van der Waals surface area contributed by atoms with Gasteiger partial charge in [-0.15, -0.1) is 0 Å². The van der Waals surface area contributed by atoms with Gasteiger partial charge in [0, 0.05) is 49.6 Å². The Kier molecular flexibility index (Phi) is 5.75. The topological polar surface area (TPSA) is 68.6 Å². The number of halogens is 4. The molecule has 1 saturated heterocycles. The smallest absolute Gasteiger partial charge is 0.380 e. The van der Waals surface area contributed by atoms with Gasteiger partial charge in [-0.2, -0.15) is 13.2 Å². The van der Waals surface area contributed by atoms with Gasteiger partial charge in [0.05, 0.1) is 22.8 Å². The van der Waals surface area contributed by atoms with Crippen LogP contribution in [-0.2, 0) is 6.18 Å². The van der Waals surface area contributed by atoms with Crippen LogP contribution in [0.15, 0.2) is 36.7 Å². The van der Waals surface area contributed by atoms with Gasteiger partial charge in [0.25, 0.3) is 0 Å². The zero-order valence-electron chi connectivity index (χ0n) is 18.7. The summed E-state index contributed by atoms with van der Waals surface area (Å²) in [5.74, 6) is 0.563. The standard InChI is InChI=1S/C24H22ClF3N6O/c1-29-20-10-31-22-17(5-6-30-22)21(20)33(2)16-7-13-11-34(12-14(13)8-16)23(35)32-15-3-4-19(25)18(9-15)24(26,27)28/h3-6,9-10,13-14,16H,7-8,11-12H2,2H3,(H,30,31)(H,32,35)/t13-,14+,16?. The molecule has 1 unspecified atom stereocenters. The molecule has 2 N–H and O–H groups in total. The summed E-state index contributed by atoms with van der Waals surface area (Å²) in [6.45, 7) is 8.62. The molecule has 2 aliphatic rings. The number of likely N-dealkylation sites (tertiary alicyclic amines) is 1. The number of nitrogens with one attached hydrogen (secondary N) is 2. The number of carbonyl (C=O) groups excluding carboxylic acids is 1. The molecule has 7 nitrogen and oxygen atoms in total. The van der Waals surface area contributed by atoms with Crippen molar-refractivity contribution in [3.8, 4) is 0 Å². The second-order valence-electron chi connectivity index (χ2n) is 9.13. The van der Waals surface area contributed by atoms with Crippen molar-refractivity contribution < 1.29 is 18.0 Å². The number of rotatable bonds is 3. The van der Waals surface area contributed by atoms with Crippen molar-refractivity contribution in [2.24, 2.45) is 11.8 Å². The molecule has 1 aliphatic carbocycles. The maximum Gasteiger partial charge on any atom is 0.417 e. The number of H-pyrrole nitrogens is 1. The van der Waals surface area contributed by atoms with E-state index in [2.05, 4.69) is 25.0 Å². The number of benzene rings is 1. The van der Waals surface area contributed by atoms with Crippen molar-refractivity contribution in [3.63, 3.8) is 0 Å². The molecular formula is C24H22ClF3N6O. The summed E-state index contributed by atoms with van der Waals surface area (Å²) in [7, 11) is 1.99. The van der Waals surface area contributed by atoms with Gasteiger partial charge in [-0.1, -0.05) is 11.6 Å². The molecule has 35 heavy (non-hydrogen) atoms. The minimum atomic E-state index is -4.60. The third-order valence-electron chi connectivity index (χ3n) is 7.10. The van der Waals surface area contributed by atoms with Crippen molar-refractivity contribution in [3.05, 3.63) is 58.7 Å². The van der Waals surface area contributed by atoms with E-state index < -0.39 is 22.8 Å². The Bertz CT molecular complexity index is 1320.